The fraction of sp³-hybridized carbons (Fsp3) is 0.462. The van der Waals surface area contributed by atoms with Crippen molar-refractivity contribution in [2.24, 2.45) is 0 Å². The maximum atomic E-state index is 12.6. The molecule has 1 saturated heterocycles. The molecule has 0 N–H and O–H groups in total. The Balaban J connectivity index is 2.40. The van der Waals surface area contributed by atoms with Crippen molar-refractivity contribution in [2.75, 3.05) is 25.6 Å². The fourth-order valence-electron chi connectivity index (χ4n) is 2.28. The average Bonchev–Trinajstić information content (AvgIpc) is 2.46. The van der Waals surface area contributed by atoms with Gasteiger partial charge < -0.3 is 9.64 Å². The Morgan fingerprint density at radius 2 is 2.35 bits per heavy atom. The third-order valence-electron chi connectivity index (χ3n) is 3.33. The van der Waals surface area contributed by atoms with Crippen LogP contribution in [-0.2, 0) is 4.74 Å². The molecular formula is C13H15ClN2O4. The van der Waals surface area contributed by atoms with E-state index in [-0.39, 0.29) is 29.1 Å². The highest BCUT2D eigenvalue weighted by molar-refractivity contribution is 6.18. The number of rotatable bonds is 3. The van der Waals surface area contributed by atoms with Crippen LogP contribution in [0.15, 0.2) is 18.2 Å². The van der Waals surface area contributed by atoms with Crippen LogP contribution in [0.3, 0.4) is 0 Å². The number of halogens is 1. The molecule has 20 heavy (non-hydrogen) atoms. The molecule has 6 nitrogen and oxygen atoms in total. The molecule has 0 bridgehead atoms. The number of benzene rings is 1. The van der Waals surface area contributed by atoms with Gasteiger partial charge in [0.05, 0.1) is 24.2 Å². The number of hydrogen-bond acceptors (Lipinski definition) is 4. The summed E-state index contributed by atoms with van der Waals surface area (Å²) in [6.07, 6.45) is 0. The van der Waals surface area contributed by atoms with E-state index in [4.69, 9.17) is 16.3 Å². The van der Waals surface area contributed by atoms with Gasteiger partial charge in [-0.25, -0.2) is 0 Å². The lowest BCUT2D eigenvalue weighted by atomic mass is 10.0. The second-order valence-electron chi connectivity index (χ2n) is 4.61. The summed E-state index contributed by atoms with van der Waals surface area (Å²) in [4.78, 5) is 24.7. The van der Waals surface area contributed by atoms with Gasteiger partial charge in [0, 0.05) is 18.5 Å². The van der Waals surface area contributed by atoms with Crippen LogP contribution in [0.2, 0.25) is 0 Å². The van der Waals surface area contributed by atoms with Crippen molar-refractivity contribution in [1.29, 1.82) is 0 Å². The molecule has 1 atom stereocenters. The van der Waals surface area contributed by atoms with Crippen molar-refractivity contribution in [3.63, 3.8) is 0 Å². The maximum absolute atomic E-state index is 12.6. The number of nitro benzene ring substituents is 1. The van der Waals surface area contributed by atoms with Crippen LogP contribution < -0.4 is 0 Å². The zero-order valence-electron chi connectivity index (χ0n) is 11.0. The van der Waals surface area contributed by atoms with Crippen LogP contribution >= 0.6 is 11.6 Å². The predicted molar refractivity (Wildman–Crippen MR) is 74.2 cm³/mol. The molecular weight excluding hydrogens is 284 g/mol. The summed E-state index contributed by atoms with van der Waals surface area (Å²) in [5, 5.41) is 11.1. The van der Waals surface area contributed by atoms with Gasteiger partial charge in [-0.05, 0) is 12.5 Å². The smallest absolute Gasteiger partial charge is 0.282 e. The number of nitro groups is 1. The van der Waals surface area contributed by atoms with E-state index in [1.54, 1.807) is 24.0 Å². The molecule has 0 spiro atoms. The number of nitrogens with zero attached hydrogens (tertiary/aromatic N) is 2. The van der Waals surface area contributed by atoms with E-state index in [0.717, 1.165) is 0 Å². The van der Waals surface area contributed by atoms with Gasteiger partial charge in [-0.3, -0.25) is 14.9 Å². The summed E-state index contributed by atoms with van der Waals surface area (Å²) in [7, 11) is 0. The lowest BCUT2D eigenvalue weighted by Gasteiger charge is -2.34. The first-order valence-corrected chi connectivity index (χ1v) is 6.78. The third kappa shape index (κ3) is 2.76. The molecule has 1 fully saturated rings. The number of carbonyl (C=O) groups is 1. The quantitative estimate of drug-likeness (QED) is 0.486. The minimum atomic E-state index is -0.531. The van der Waals surface area contributed by atoms with Crippen molar-refractivity contribution in [1.82, 2.24) is 4.90 Å². The first kappa shape index (κ1) is 14.7. The van der Waals surface area contributed by atoms with Gasteiger partial charge in [0.2, 0.25) is 0 Å². The predicted octanol–water partition coefficient (Wildman–Crippen LogP) is 1.98. The summed E-state index contributed by atoms with van der Waals surface area (Å²) < 4.78 is 5.28. The number of carbonyl (C=O) groups excluding carboxylic acids is 1. The van der Waals surface area contributed by atoms with Crippen molar-refractivity contribution in [3.05, 3.63) is 39.4 Å². The van der Waals surface area contributed by atoms with E-state index >= 15 is 0 Å². The normalized spacial score (nSPS) is 18.9. The highest BCUT2D eigenvalue weighted by Crippen LogP contribution is 2.25. The van der Waals surface area contributed by atoms with Gasteiger partial charge in [0.25, 0.3) is 11.6 Å². The zero-order chi connectivity index (χ0) is 14.7. The lowest BCUT2D eigenvalue weighted by Crippen LogP contribution is -2.49. The van der Waals surface area contributed by atoms with Gasteiger partial charge in [0.15, 0.2) is 0 Å². The Kier molecular flexibility index (Phi) is 4.57. The van der Waals surface area contributed by atoms with Crippen molar-refractivity contribution in [2.45, 2.75) is 13.0 Å². The molecule has 1 aliphatic heterocycles. The molecule has 0 aromatic heterocycles. The van der Waals surface area contributed by atoms with E-state index < -0.39 is 4.92 Å². The lowest BCUT2D eigenvalue weighted by molar-refractivity contribution is -0.385. The number of ether oxygens (including phenoxy) is 1. The minimum Gasteiger partial charge on any atom is -0.377 e. The van der Waals surface area contributed by atoms with Crippen molar-refractivity contribution < 1.29 is 14.5 Å². The van der Waals surface area contributed by atoms with Crippen LogP contribution in [-0.4, -0.2) is 47.4 Å². The van der Waals surface area contributed by atoms with Crippen LogP contribution in [0.1, 0.15) is 15.9 Å². The molecule has 1 amide bonds. The number of amides is 1. The Morgan fingerprint density at radius 1 is 1.60 bits per heavy atom. The summed E-state index contributed by atoms with van der Waals surface area (Å²) in [5.74, 6) is -0.116. The van der Waals surface area contributed by atoms with E-state index in [0.29, 0.717) is 25.3 Å². The molecule has 1 aliphatic rings. The van der Waals surface area contributed by atoms with Crippen molar-refractivity contribution >= 4 is 23.2 Å². The molecule has 0 saturated carbocycles. The van der Waals surface area contributed by atoms with Crippen LogP contribution in [0.5, 0.6) is 0 Å². The molecule has 1 aromatic carbocycles. The molecule has 108 valence electrons. The molecule has 0 aliphatic carbocycles. The maximum Gasteiger partial charge on any atom is 0.282 e. The molecule has 1 heterocycles. The summed E-state index contributed by atoms with van der Waals surface area (Å²) in [6, 6.07) is 4.35. The third-order valence-corrected chi connectivity index (χ3v) is 3.68. The topological polar surface area (TPSA) is 72.7 Å². The van der Waals surface area contributed by atoms with Crippen LogP contribution in [0.4, 0.5) is 5.69 Å². The average molecular weight is 299 g/mol. The highest BCUT2D eigenvalue weighted by Gasteiger charge is 2.32. The number of aryl methyl sites for hydroxylation is 1. The standard InChI is InChI=1S/C13H15ClN2O4/c1-9-3-2-4-11(16(18)19)12(9)13(17)15-5-6-20-8-10(15)7-14/h2-4,10H,5-8H2,1H3. The van der Waals surface area contributed by atoms with E-state index in [2.05, 4.69) is 0 Å². The fourth-order valence-corrected chi connectivity index (χ4v) is 2.53. The van der Waals surface area contributed by atoms with Crippen LogP contribution in [0.25, 0.3) is 0 Å². The molecule has 7 heteroatoms. The monoisotopic (exact) mass is 298 g/mol. The first-order valence-electron chi connectivity index (χ1n) is 6.25. The Labute approximate surface area is 121 Å². The zero-order valence-corrected chi connectivity index (χ0v) is 11.8. The summed E-state index contributed by atoms with van der Waals surface area (Å²) >= 11 is 5.84. The van der Waals surface area contributed by atoms with E-state index in [9.17, 15) is 14.9 Å². The van der Waals surface area contributed by atoms with E-state index in [1.165, 1.54) is 6.07 Å². The Morgan fingerprint density at radius 3 is 3.00 bits per heavy atom. The minimum absolute atomic E-state index is 0.134. The van der Waals surface area contributed by atoms with Gasteiger partial charge in [0.1, 0.15) is 5.56 Å². The first-order chi connectivity index (χ1) is 9.56. The van der Waals surface area contributed by atoms with Crippen LogP contribution in [0, 0.1) is 17.0 Å². The molecule has 1 aromatic rings. The second kappa shape index (κ2) is 6.19. The van der Waals surface area contributed by atoms with Crippen molar-refractivity contribution in [3.8, 4) is 0 Å². The van der Waals surface area contributed by atoms with Gasteiger partial charge in [-0.15, -0.1) is 11.6 Å². The van der Waals surface area contributed by atoms with Gasteiger partial charge in [-0.1, -0.05) is 12.1 Å². The molecule has 2 rings (SSSR count). The number of alkyl halides is 1. The Hall–Kier alpha value is -1.66. The summed E-state index contributed by atoms with van der Waals surface area (Å²) in [6.45, 7) is 2.85. The van der Waals surface area contributed by atoms with Gasteiger partial charge >= 0.3 is 0 Å². The SMILES string of the molecule is Cc1cccc([N+](=O)[O-])c1C(=O)N1CCOCC1CCl. The number of hydrogen-bond donors (Lipinski definition) is 0. The number of morpholine rings is 1. The summed E-state index contributed by atoms with van der Waals surface area (Å²) in [5.41, 5.74) is 0.549. The second-order valence-corrected chi connectivity index (χ2v) is 4.92. The Bertz CT molecular complexity index is 535. The van der Waals surface area contributed by atoms with Gasteiger partial charge in [-0.2, -0.15) is 0 Å². The molecule has 0 radical (unpaired) electrons. The molecule has 1 unspecified atom stereocenters. The largest absolute Gasteiger partial charge is 0.377 e. The van der Waals surface area contributed by atoms with E-state index in [1.807, 2.05) is 0 Å². The highest BCUT2D eigenvalue weighted by atomic mass is 35.5.